The number of H-pyrrole nitrogens is 1. The zero-order chi connectivity index (χ0) is 13.2. The van der Waals surface area contributed by atoms with Crippen molar-refractivity contribution in [3.05, 3.63) is 54.4 Å². The van der Waals surface area contributed by atoms with Crippen LogP contribution < -0.4 is 5.73 Å². The number of aromatic amines is 1. The zero-order valence-electron chi connectivity index (χ0n) is 10.9. The minimum absolute atomic E-state index is 0.197. The lowest BCUT2D eigenvalue weighted by molar-refractivity contribution is 0.739. The molecule has 1 unspecified atom stereocenters. The molecule has 96 valence electrons. The number of rotatable bonds is 3. The lowest BCUT2D eigenvalue weighted by atomic mass is 9.99. The second-order valence-corrected chi connectivity index (χ2v) is 5.06. The fraction of sp³-hybridized carbons (Fsp3) is 0.188. The van der Waals surface area contributed by atoms with Gasteiger partial charge < -0.3 is 5.73 Å². The van der Waals surface area contributed by atoms with Crippen molar-refractivity contribution >= 4 is 10.8 Å². The third-order valence-corrected chi connectivity index (χ3v) is 3.29. The van der Waals surface area contributed by atoms with Crippen LogP contribution in [0.4, 0.5) is 0 Å². The van der Waals surface area contributed by atoms with Crippen molar-refractivity contribution in [1.82, 2.24) is 10.2 Å². The van der Waals surface area contributed by atoms with Gasteiger partial charge in [0.15, 0.2) is 0 Å². The summed E-state index contributed by atoms with van der Waals surface area (Å²) in [6, 6.07) is 13.2. The Labute approximate surface area is 112 Å². The molecular formula is C16H17N3. The molecule has 0 aliphatic heterocycles. The monoisotopic (exact) mass is 251 g/mol. The number of hydrogen-bond acceptors (Lipinski definition) is 2. The first-order valence-electron chi connectivity index (χ1n) is 6.50. The van der Waals surface area contributed by atoms with E-state index in [0.29, 0.717) is 0 Å². The first-order valence-corrected chi connectivity index (χ1v) is 6.50. The number of fused-ring (bicyclic) bond motifs is 1. The molecule has 0 amide bonds. The highest BCUT2D eigenvalue weighted by atomic mass is 15.1. The van der Waals surface area contributed by atoms with Crippen molar-refractivity contribution in [2.75, 3.05) is 0 Å². The van der Waals surface area contributed by atoms with Crippen LogP contribution in [-0.2, 0) is 6.42 Å². The molecule has 0 bridgehead atoms. The Morgan fingerprint density at radius 2 is 1.89 bits per heavy atom. The van der Waals surface area contributed by atoms with Gasteiger partial charge in [-0.25, -0.2) is 0 Å². The summed E-state index contributed by atoms with van der Waals surface area (Å²) in [6.45, 7) is 2.03. The molecule has 0 radical (unpaired) electrons. The minimum Gasteiger partial charge on any atom is -0.328 e. The van der Waals surface area contributed by atoms with Crippen LogP contribution in [0.25, 0.3) is 21.9 Å². The summed E-state index contributed by atoms with van der Waals surface area (Å²) in [4.78, 5) is 0. The topological polar surface area (TPSA) is 54.7 Å². The third kappa shape index (κ3) is 2.51. The first-order chi connectivity index (χ1) is 9.22. The smallest absolute Gasteiger partial charge is 0.0565 e. The van der Waals surface area contributed by atoms with E-state index in [0.717, 1.165) is 12.0 Å². The van der Waals surface area contributed by atoms with Crippen LogP contribution >= 0.6 is 0 Å². The molecule has 2 aromatic carbocycles. The highest BCUT2D eigenvalue weighted by Gasteiger charge is 2.03. The molecule has 1 heterocycles. The van der Waals surface area contributed by atoms with Crippen LogP contribution in [0.2, 0.25) is 0 Å². The average molecular weight is 251 g/mol. The van der Waals surface area contributed by atoms with Gasteiger partial charge in [-0.15, -0.1) is 0 Å². The number of benzene rings is 2. The molecule has 3 heteroatoms. The summed E-state index contributed by atoms with van der Waals surface area (Å²) in [5.41, 5.74) is 9.43. The summed E-state index contributed by atoms with van der Waals surface area (Å²) in [6.07, 6.45) is 4.66. The Balaban J connectivity index is 2.01. The van der Waals surface area contributed by atoms with Crippen molar-refractivity contribution in [3.8, 4) is 11.1 Å². The molecule has 0 saturated heterocycles. The number of nitrogens with one attached hydrogen (secondary N) is 1. The summed E-state index contributed by atoms with van der Waals surface area (Å²) >= 11 is 0. The average Bonchev–Trinajstić information content (AvgIpc) is 2.91. The molecule has 3 rings (SSSR count). The Morgan fingerprint density at radius 3 is 2.63 bits per heavy atom. The summed E-state index contributed by atoms with van der Waals surface area (Å²) in [7, 11) is 0. The molecule has 0 saturated carbocycles. The van der Waals surface area contributed by atoms with Crippen LogP contribution in [0.5, 0.6) is 0 Å². The summed E-state index contributed by atoms with van der Waals surface area (Å²) < 4.78 is 0. The van der Waals surface area contributed by atoms with E-state index in [2.05, 4.69) is 46.6 Å². The van der Waals surface area contributed by atoms with Gasteiger partial charge in [0.25, 0.3) is 0 Å². The molecule has 3 N–H and O–H groups in total. The van der Waals surface area contributed by atoms with E-state index in [9.17, 15) is 0 Å². The van der Waals surface area contributed by atoms with Gasteiger partial charge in [0.05, 0.1) is 6.20 Å². The Bertz CT molecular complexity index is 684. The van der Waals surface area contributed by atoms with Crippen molar-refractivity contribution in [1.29, 1.82) is 0 Å². The lowest BCUT2D eigenvalue weighted by Crippen LogP contribution is -2.17. The van der Waals surface area contributed by atoms with E-state index in [-0.39, 0.29) is 6.04 Å². The fourth-order valence-corrected chi connectivity index (χ4v) is 2.38. The molecule has 0 spiro atoms. The van der Waals surface area contributed by atoms with Crippen LogP contribution in [-0.4, -0.2) is 16.2 Å². The van der Waals surface area contributed by atoms with Gasteiger partial charge in [-0.1, -0.05) is 30.3 Å². The number of nitrogens with zero attached hydrogens (tertiary/aromatic N) is 1. The number of nitrogens with two attached hydrogens (primary N) is 1. The Morgan fingerprint density at radius 1 is 1.11 bits per heavy atom. The van der Waals surface area contributed by atoms with Gasteiger partial charge in [0, 0.05) is 17.8 Å². The van der Waals surface area contributed by atoms with E-state index in [1.54, 1.807) is 0 Å². The third-order valence-electron chi connectivity index (χ3n) is 3.29. The molecule has 3 aromatic rings. The second-order valence-electron chi connectivity index (χ2n) is 5.06. The molecule has 0 aliphatic carbocycles. The van der Waals surface area contributed by atoms with E-state index < -0.39 is 0 Å². The quantitative estimate of drug-likeness (QED) is 0.751. The fourth-order valence-electron chi connectivity index (χ4n) is 2.38. The number of aromatic nitrogens is 2. The minimum atomic E-state index is 0.197. The van der Waals surface area contributed by atoms with Crippen molar-refractivity contribution in [3.63, 3.8) is 0 Å². The van der Waals surface area contributed by atoms with Crippen LogP contribution in [0.15, 0.2) is 48.8 Å². The molecule has 1 aromatic heterocycles. The van der Waals surface area contributed by atoms with Crippen molar-refractivity contribution in [2.24, 2.45) is 5.73 Å². The zero-order valence-corrected chi connectivity index (χ0v) is 10.9. The molecule has 0 aliphatic rings. The maximum atomic E-state index is 5.85. The molecular weight excluding hydrogens is 234 g/mol. The van der Waals surface area contributed by atoms with Crippen LogP contribution in [0, 0.1) is 0 Å². The standard InChI is InChI=1S/C16H17N3/c1-11(17)6-12-2-3-14-8-15(5-4-13(14)7-12)16-9-18-19-10-16/h2-5,7-11H,6,17H2,1H3,(H,18,19). The van der Waals surface area contributed by atoms with E-state index in [1.807, 2.05) is 19.3 Å². The second kappa shape index (κ2) is 4.86. The van der Waals surface area contributed by atoms with Gasteiger partial charge in [0.2, 0.25) is 0 Å². The van der Waals surface area contributed by atoms with Gasteiger partial charge in [-0.3, -0.25) is 5.10 Å². The normalized spacial score (nSPS) is 12.7. The van der Waals surface area contributed by atoms with Gasteiger partial charge >= 0.3 is 0 Å². The largest absolute Gasteiger partial charge is 0.328 e. The van der Waals surface area contributed by atoms with Crippen molar-refractivity contribution < 1.29 is 0 Å². The predicted molar refractivity (Wildman–Crippen MR) is 78.9 cm³/mol. The molecule has 19 heavy (non-hydrogen) atoms. The van der Waals surface area contributed by atoms with Crippen LogP contribution in [0.1, 0.15) is 12.5 Å². The molecule has 1 atom stereocenters. The lowest BCUT2D eigenvalue weighted by Gasteiger charge is -2.07. The molecule has 3 nitrogen and oxygen atoms in total. The van der Waals surface area contributed by atoms with E-state index in [4.69, 9.17) is 5.73 Å². The van der Waals surface area contributed by atoms with Crippen molar-refractivity contribution in [2.45, 2.75) is 19.4 Å². The first kappa shape index (κ1) is 11.9. The highest BCUT2D eigenvalue weighted by Crippen LogP contribution is 2.24. The van der Waals surface area contributed by atoms with Gasteiger partial charge in [0.1, 0.15) is 0 Å². The van der Waals surface area contributed by atoms with Crippen LogP contribution in [0.3, 0.4) is 0 Å². The Kier molecular flexibility index (Phi) is 3.05. The maximum Gasteiger partial charge on any atom is 0.0565 e. The SMILES string of the molecule is CC(N)Cc1ccc2cc(-c3cn[nH]c3)ccc2c1. The van der Waals surface area contributed by atoms with E-state index >= 15 is 0 Å². The van der Waals surface area contributed by atoms with Gasteiger partial charge in [-0.05, 0) is 41.3 Å². The highest BCUT2D eigenvalue weighted by molar-refractivity contribution is 5.87. The predicted octanol–water partition coefficient (Wildman–Crippen LogP) is 3.12. The van der Waals surface area contributed by atoms with E-state index in [1.165, 1.54) is 21.9 Å². The Hall–Kier alpha value is -2.13. The van der Waals surface area contributed by atoms with Gasteiger partial charge in [-0.2, -0.15) is 5.10 Å². The maximum absolute atomic E-state index is 5.85. The summed E-state index contributed by atoms with van der Waals surface area (Å²) in [5, 5.41) is 9.33. The molecule has 0 fully saturated rings. The number of hydrogen-bond donors (Lipinski definition) is 2. The summed E-state index contributed by atoms with van der Waals surface area (Å²) in [5.74, 6) is 0.